The molecule has 1 atom stereocenters. The van der Waals surface area contributed by atoms with E-state index in [4.69, 9.17) is 0 Å². The first-order valence-corrected chi connectivity index (χ1v) is 10.7. The minimum absolute atomic E-state index is 0. The second-order valence-corrected chi connectivity index (χ2v) is 9.42. The van der Waals surface area contributed by atoms with E-state index in [1.54, 1.807) is 4.31 Å². The molecule has 1 N–H and O–H groups in total. The van der Waals surface area contributed by atoms with E-state index in [1.165, 1.54) is 12.0 Å². The van der Waals surface area contributed by atoms with Crippen molar-refractivity contribution in [2.45, 2.75) is 52.0 Å². The molecule has 0 aliphatic carbocycles. The van der Waals surface area contributed by atoms with Crippen LogP contribution in [0.2, 0.25) is 0 Å². The van der Waals surface area contributed by atoms with Crippen LogP contribution < -0.4 is 5.32 Å². The number of rotatable bonds is 3. The minimum atomic E-state index is -3.44. The molecule has 2 aliphatic heterocycles. The first-order valence-electron chi connectivity index (χ1n) is 9.27. The highest BCUT2D eigenvalue weighted by molar-refractivity contribution is 7.89. The van der Waals surface area contributed by atoms with Crippen LogP contribution in [0.5, 0.6) is 0 Å². The van der Waals surface area contributed by atoms with Gasteiger partial charge in [-0.2, -0.15) is 4.31 Å². The first-order chi connectivity index (χ1) is 11.7. The molecule has 2 heterocycles. The van der Waals surface area contributed by atoms with Crippen LogP contribution in [0.15, 0.2) is 4.90 Å². The highest BCUT2D eigenvalue weighted by atomic mass is 35.5. The van der Waals surface area contributed by atoms with Crippen LogP contribution in [-0.2, 0) is 10.0 Å². The second kappa shape index (κ2) is 8.15. The lowest BCUT2D eigenvalue weighted by molar-refractivity contribution is 0.145. The van der Waals surface area contributed by atoms with Crippen LogP contribution in [-0.4, -0.2) is 62.9 Å². The van der Waals surface area contributed by atoms with Crippen molar-refractivity contribution in [3.05, 3.63) is 27.8 Å². The van der Waals surface area contributed by atoms with Crippen LogP contribution >= 0.6 is 12.4 Å². The summed E-state index contributed by atoms with van der Waals surface area (Å²) in [5.74, 6) is 0. The van der Waals surface area contributed by atoms with Crippen molar-refractivity contribution in [2.24, 2.45) is 0 Å². The average molecular weight is 402 g/mol. The Morgan fingerprint density at radius 2 is 1.35 bits per heavy atom. The standard InChI is InChI=1S/C19H31N3O2S.ClH/c1-13-14(2)16(4)19(17(5)15(13)3)25(23,24)22-10-8-21(9-11-22)18-6-7-20-12-18;/h18,20H,6-12H2,1-5H3;1H. The number of piperazine rings is 1. The molecule has 1 aromatic rings. The van der Waals surface area contributed by atoms with Gasteiger partial charge in [0.2, 0.25) is 10.0 Å². The predicted molar refractivity (Wildman–Crippen MR) is 109 cm³/mol. The van der Waals surface area contributed by atoms with Gasteiger partial charge in [0, 0.05) is 38.8 Å². The van der Waals surface area contributed by atoms with E-state index in [0.29, 0.717) is 24.0 Å². The third kappa shape index (κ3) is 3.67. The molecule has 0 saturated carbocycles. The first kappa shape index (κ1) is 21.6. The summed E-state index contributed by atoms with van der Waals surface area (Å²) >= 11 is 0. The lowest BCUT2D eigenvalue weighted by Crippen LogP contribution is -2.52. The van der Waals surface area contributed by atoms with Gasteiger partial charge in [-0.1, -0.05) is 0 Å². The topological polar surface area (TPSA) is 52.7 Å². The van der Waals surface area contributed by atoms with E-state index in [1.807, 2.05) is 27.7 Å². The van der Waals surface area contributed by atoms with Crippen LogP contribution in [0, 0.1) is 34.6 Å². The van der Waals surface area contributed by atoms with Crippen LogP contribution in [0.3, 0.4) is 0 Å². The molecule has 3 rings (SSSR count). The Balaban J connectivity index is 0.00000243. The third-order valence-electron chi connectivity index (χ3n) is 6.35. The molecule has 148 valence electrons. The zero-order chi connectivity index (χ0) is 18.4. The van der Waals surface area contributed by atoms with Gasteiger partial charge >= 0.3 is 0 Å². The van der Waals surface area contributed by atoms with Crippen molar-refractivity contribution < 1.29 is 8.42 Å². The molecule has 26 heavy (non-hydrogen) atoms. The SMILES string of the molecule is Cc1c(C)c(C)c(S(=O)(=O)N2CCN(C3CCNC3)CC2)c(C)c1C.Cl. The molecule has 2 fully saturated rings. The second-order valence-electron chi connectivity index (χ2n) is 7.54. The van der Waals surface area contributed by atoms with Crippen LogP contribution in [0.25, 0.3) is 0 Å². The molecule has 0 amide bonds. The van der Waals surface area contributed by atoms with Gasteiger partial charge in [-0.15, -0.1) is 12.4 Å². The fourth-order valence-corrected chi connectivity index (χ4v) is 6.22. The van der Waals surface area contributed by atoms with E-state index >= 15 is 0 Å². The third-order valence-corrected chi connectivity index (χ3v) is 8.53. The number of nitrogens with zero attached hydrogens (tertiary/aromatic N) is 2. The smallest absolute Gasteiger partial charge is 0.243 e. The predicted octanol–water partition coefficient (Wildman–Crippen LogP) is 2.32. The van der Waals surface area contributed by atoms with Gasteiger partial charge in [-0.25, -0.2) is 8.42 Å². The molecule has 0 spiro atoms. The van der Waals surface area contributed by atoms with Gasteiger partial charge in [-0.3, -0.25) is 4.90 Å². The molecular weight excluding hydrogens is 370 g/mol. The van der Waals surface area contributed by atoms with E-state index in [-0.39, 0.29) is 12.4 Å². The summed E-state index contributed by atoms with van der Waals surface area (Å²) in [6.45, 7) is 15.0. The molecule has 5 nitrogen and oxygen atoms in total. The maximum atomic E-state index is 13.4. The number of sulfonamides is 1. The molecule has 2 aliphatic rings. The average Bonchev–Trinajstić information content (AvgIpc) is 3.13. The number of halogens is 1. The molecular formula is C19H32ClN3O2S. The van der Waals surface area contributed by atoms with Crippen molar-refractivity contribution >= 4 is 22.4 Å². The Labute approximate surface area is 164 Å². The Bertz CT molecular complexity index is 736. The number of hydrogen-bond donors (Lipinski definition) is 1. The van der Waals surface area contributed by atoms with Gasteiger partial charge in [0.25, 0.3) is 0 Å². The molecule has 1 aromatic carbocycles. The Morgan fingerprint density at radius 3 is 1.81 bits per heavy atom. The molecule has 2 saturated heterocycles. The summed E-state index contributed by atoms with van der Waals surface area (Å²) in [6.07, 6.45) is 1.17. The summed E-state index contributed by atoms with van der Waals surface area (Å²) in [5, 5.41) is 3.40. The molecule has 1 unspecified atom stereocenters. The Morgan fingerprint density at radius 1 is 0.846 bits per heavy atom. The quantitative estimate of drug-likeness (QED) is 0.844. The minimum Gasteiger partial charge on any atom is -0.315 e. The Kier molecular flexibility index (Phi) is 6.78. The summed E-state index contributed by atoms with van der Waals surface area (Å²) in [5.41, 5.74) is 5.20. The normalized spacial score (nSPS) is 22.4. The molecule has 0 bridgehead atoms. The zero-order valence-electron chi connectivity index (χ0n) is 16.6. The van der Waals surface area contributed by atoms with E-state index in [2.05, 4.69) is 17.1 Å². The van der Waals surface area contributed by atoms with E-state index in [0.717, 1.165) is 48.4 Å². The van der Waals surface area contributed by atoms with Gasteiger partial charge in [0.1, 0.15) is 0 Å². The van der Waals surface area contributed by atoms with Crippen molar-refractivity contribution in [1.82, 2.24) is 14.5 Å². The zero-order valence-corrected chi connectivity index (χ0v) is 18.2. The lowest BCUT2D eigenvalue weighted by atomic mass is 9.95. The maximum absolute atomic E-state index is 13.4. The van der Waals surface area contributed by atoms with Crippen molar-refractivity contribution in [2.75, 3.05) is 39.3 Å². The van der Waals surface area contributed by atoms with Crippen LogP contribution in [0.1, 0.15) is 34.2 Å². The number of nitrogens with one attached hydrogen (secondary N) is 1. The van der Waals surface area contributed by atoms with Gasteiger partial charge < -0.3 is 5.32 Å². The highest BCUT2D eigenvalue weighted by Crippen LogP contribution is 2.32. The fraction of sp³-hybridized carbons (Fsp3) is 0.684. The van der Waals surface area contributed by atoms with Crippen molar-refractivity contribution in [3.8, 4) is 0 Å². The van der Waals surface area contributed by atoms with E-state index < -0.39 is 10.0 Å². The maximum Gasteiger partial charge on any atom is 0.243 e. The Hall–Kier alpha value is -0.660. The summed E-state index contributed by atoms with van der Waals surface area (Å²) in [4.78, 5) is 2.97. The highest BCUT2D eigenvalue weighted by Gasteiger charge is 2.34. The number of hydrogen-bond acceptors (Lipinski definition) is 4. The van der Waals surface area contributed by atoms with Gasteiger partial charge in [0.15, 0.2) is 0 Å². The monoisotopic (exact) mass is 401 g/mol. The molecule has 0 radical (unpaired) electrons. The van der Waals surface area contributed by atoms with Gasteiger partial charge in [-0.05, 0) is 75.4 Å². The number of benzene rings is 1. The van der Waals surface area contributed by atoms with Crippen LogP contribution in [0.4, 0.5) is 0 Å². The lowest BCUT2D eigenvalue weighted by Gasteiger charge is -2.37. The summed E-state index contributed by atoms with van der Waals surface area (Å²) in [6, 6.07) is 0.567. The summed E-state index contributed by atoms with van der Waals surface area (Å²) in [7, 11) is -3.44. The fourth-order valence-electron chi connectivity index (χ4n) is 4.24. The molecule has 7 heteroatoms. The van der Waals surface area contributed by atoms with Gasteiger partial charge in [0.05, 0.1) is 4.90 Å². The van der Waals surface area contributed by atoms with E-state index in [9.17, 15) is 8.42 Å². The largest absolute Gasteiger partial charge is 0.315 e. The molecule has 0 aromatic heterocycles. The summed E-state index contributed by atoms with van der Waals surface area (Å²) < 4.78 is 28.4. The van der Waals surface area contributed by atoms with Crippen molar-refractivity contribution in [3.63, 3.8) is 0 Å². The van der Waals surface area contributed by atoms with Crippen molar-refractivity contribution in [1.29, 1.82) is 0 Å².